The number of sulfone groups is 2. The largest absolute Gasteiger partial charge is 0.490 e. The molecule has 0 bridgehead atoms. The van der Waals surface area contributed by atoms with Gasteiger partial charge >= 0.3 is 5.97 Å². The van der Waals surface area contributed by atoms with Crippen LogP contribution in [0.15, 0.2) is 21.9 Å². The van der Waals surface area contributed by atoms with Crippen LogP contribution in [0.5, 0.6) is 5.75 Å². The smallest absolute Gasteiger partial charge is 0.337 e. The fourth-order valence-corrected chi connectivity index (χ4v) is 3.35. The highest BCUT2D eigenvalue weighted by Crippen LogP contribution is 2.32. The molecule has 0 aromatic heterocycles. The molecule has 1 aromatic carbocycles. The van der Waals surface area contributed by atoms with E-state index in [1.807, 2.05) is 0 Å². The summed E-state index contributed by atoms with van der Waals surface area (Å²) in [7, 11) is -7.64. The van der Waals surface area contributed by atoms with Crippen molar-refractivity contribution in [2.45, 2.75) is 29.7 Å². The summed E-state index contributed by atoms with van der Waals surface area (Å²) >= 11 is 0. The van der Waals surface area contributed by atoms with E-state index in [1.165, 1.54) is 0 Å². The van der Waals surface area contributed by atoms with E-state index in [-0.39, 0.29) is 10.6 Å². The Morgan fingerprint density at radius 1 is 1.10 bits per heavy atom. The first-order chi connectivity index (χ1) is 9.34. The number of carbonyl (C=O) groups is 1. The lowest BCUT2D eigenvalue weighted by atomic mass is 10.2. The van der Waals surface area contributed by atoms with Crippen LogP contribution in [0.4, 0.5) is 0 Å². The summed E-state index contributed by atoms with van der Waals surface area (Å²) in [4.78, 5) is 10.4. The fraction of sp³-hybridized carbons (Fsp3) is 0.417. The first-order valence-corrected chi connectivity index (χ1v) is 9.60. The van der Waals surface area contributed by atoms with Gasteiger partial charge in [-0.2, -0.15) is 0 Å². The maximum atomic E-state index is 11.8. The topological polar surface area (TPSA) is 115 Å². The van der Waals surface area contributed by atoms with Crippen molar-refractivity contribution in [3.8, 4) is 5.75 Å². The highest BCUT2D eigenvalue weighted by molar-refractivity contribution is 7.91. The molecule has 0 heterocycles. The number of hydrogen-bond acceptors (Lipinski definition) is 6. The molecule has 21 heavy (non-hydrogen) atoms. The Hall–Kier alpha value is -1.61. The van der Waals surface area contributed by atoms with Gasteiger partial charge in [-0.3, -0.25) is 0 Å². The van der Waals surface area contributed by atoms with Crippen molar-refractivity contribution in [1.82, 2.24) is 0 Å². The molecule has 0 amide bonds. The average molecular weight is 336 g/mol. The molecule has 9 heteroatoms. The van der Waals surface area contributed by atoms with Crippen molar-refractivity contribution in [3.63, 3.8) is 0 Å². The third-order valence-electron chi connectivity index (χ3n) is 2.42. The van der Waals surface area contributed by atoms with Crippen LogP contribution in [0.2, 0.25) is 0 Å². The van der Waals surface area contributed by atoms with Gasteiger partial charge in [-0.25, -0.2) is 21.6 Å². The molecule has 1 aromatic rings. The summed E-state index contributed by atoms with van der Waals surface area (Å²) < 4.78 is 52.2. The number of benzene rings is 1. The third-order valence-corrected chi connectivity index (χ3v) is 4.68. The molecule has 0 aliphatic carbocycles. The van der Waals surface area contributed by atoms with E-state index in [1.54, 1.807) is 13.8 Å². The second-order valence-corrected chi connectivity index (χ2v) is 8.78. The fourth-order valence-electron chi connectivity index (χ4n) is 1.67. The van der Waals surface area contributed by atoms with Crippen LogP contribution in [-0.4, -0.2) is 46.5 Å². The molecule has 7 nitrogen and oxygen atoms in total. The van der Waals surface area contributed by atoms with E-state index >= 15 is 0 Å². The predicted molar refractivity (Wildman–Crippen MR) is 75.4 cm³/mol. The summed E-state index contributed by atoms with van der Waals surface area (Å²) in [6.07, 6.45) is 1.27. The molecule has 118 valence electrons. The van der Waals surface area contributed by atoms with Crippen LogP contribution in [0.1, 0.15) is 24.2 Å². The molecule has 1 N–H and O–H groups in total. The van der Waals surface area contributed by atoms with Crippen LogP contribution in [0.3, 0.4) is 0 Å². The average Bonchev–Trinajstić information content (AvgIpc) is 2.23. The zero-order chi connectivity index (χ0) is 16.6. The Balaban J connectivity index is 3.88. The standard InChI is InChI=1S/C12H16O7S2/c1-7(2)19-10-6-8(20(3,15)16)5-9(12(13)14)11(10)21(4,17)18/h5-7H,1-4H3,(H,13,14). The van der Waals surface area contributed by atoms with E-state index < -0.39 is 42.2 Å². The monoisotopic (exact) mass is 336 g/mol. The number of hydrogen-bond donors (Lipinski definition) is 1. The lowest BCUT2D eigenvalue weighted by molar-refractivity contribution is 0.0690. The number of rotatable bonds is 5. The van der Waals surface area contributed by atoms with Gasteiger partial charge < -0.3 is 9.84 Å². The van der Waals surface area contributed by atoms with Crippen LogP contribution >= 0.6 is 0 Å². The minimum Gasteiger partial charge on any atom is -0.490 e. The van der Waals surface area contributed by atoms with Gasteiger partial charge in [-0.05, 0) is 19.9 Å². The van der Waals surface area contributed by atoms with E-state index in [9.17, 15) is 21.6 Å². The van der Waals surface area contributed by atoms with Crippen LogP contribution < -0.4 is 4.74 Å². The first kappa shape index (κ1) is 17.4. The molecule has 0 radical (unpaired) electrons. The number of carboxylic acid groups (broad SMARTS) is 1. The molecule has 0 saturated heterocycles. The van der Waals surface area contributed by atoms with E-state index in [4.69, 9.17) is 9.84 Å². The van der Waals surface area contributed by atoms with Gasteiger partial charge in [0.2, 0.25) is 0 Å². The molecule has 0 unspecified atom stereocenters. The molecule has 1 rings (SSSR count). The maximum absolute atomic E-state index is 11.8. The highest BCUT2D eigenvalue weighted by Gasteiger charge is 2.27. The quantitative estimate of drug-likeness (QED) is 0.852. The Morgan fingerprint density at radius 3 is 1.95 bits per heavy atom. The van der Waals surface area contributed by atoms with Crippen LogP contribution in [-0.2, 0) is 19.7 Å². The van der Waals surface area contributed by atoms with Crippen molar-refractivity contribution in [2.75, 3.05) is 12.5 Å². The van der Waals surface area contributed by atoms with E-state index in [2.05, 4.69) is 0 Å². The summed E-state index contributed by atoms with van der Waals surface area (Å²) in [5, 5.41) is 9.16. The van der Waals surface area contributed by atoms with Gasteiger partial charge in [0.05, 0.1) is 16.6 Å². The molecular formula is C12H16O7S2. The molecule has 0 aliphatic rings. The molecule has 0 fully saturated rings. The van der Waals surface area contributed by atoms with Gasteiger partial charge in [0.15, 0.2) is 19.7 Å². The third kappa shape index (κ3) is 4.18. The molecule has 0 aliphatic heterocycles. The Bertz CT molecular complexity index is 774. The first-order valence-electron chi connectivity index (χ1n) is 5.82. The van der Waals surface area contributed by atoms with E-state index in [0.29, 0.717) is 0 Å². The Kier molecular flexibility index (Phi) is 4.69. The molecular weight excluding hydrogens is 320 g/mol. The Labute approximate surface area is 123 Å². The lowest BCUT2D eigenvalue weighted by Gasteiger charge is -2.16. The van der Waals surface area contributed by atoms with Gasteiger partial charge in [-0.1, -0.05) is 0 Å². The van der Waals surface area contributed by atoms with E-state index in [0.717, 1.165) is 24.6 Å². The number of carboxylic acids is 1. The predicted octanol–water partition coefficient (Wildman–Crippen LogP) is 0.979. The summed E-state index contributed by atoms with van der Waals surface area (Å²) in [5.74, 6) is -1.83. The van der Waals surface area contributed by atoms with Gasteiger partial charge in [0.1, 0.15) is 10.6 Å². The second-order valence-electron chi connectivity index (χ2n) is 4.81. The highest BCUT2D eigenvalue weighted by atomic mass is 32.2. The molecule has 0 atom stereocenters. The summed E-state index contributed by atoms with van der Waals surface area (Å²) in [5.41, 5.74) is -0.629. The number of ether oxygens (including phenoxy) is 1. The van der Waals surface area contributed by atoms with Crippen LogP contribution in [0.25, 0.3) is 0 Å². The molecule has 0 spiro atoms. The minimum atomic E-state index is -3.92. The van der Waals surface area contributed by atoms with Crippen molar-refractivity contribution >= 4 is 25.6 Å². The minimum absolute atomic E-state index is 0.284. The number of aromatic carboxylic acids is 1. The van der Waals surface area contributed by atoms with Crippen molar-refractivity contribution < 1.29 is 31.5 Å². The summed E-state index contributed by atoms with van der Waals surface area (Å²) in [6.45, 7) is 3.22. The van der Waals surface area contributed by atoms with Gasteiger partial charge in [0, 0.05) is 18.6 Å². The lowest BCUT2D eigenvalue weighted by Crippen LogP contribution is -2.15. The zero-order valence-electron chi connectivity index (χ0n) is 11.9. The second kappa shape index (κ2) is 5.64. The SMILES string of the molecule is CC(C)Oc1cc(S(C)(=O)=O)cc(C(=O)O)c1S(C)(=O)=O. The maximum Gasteiger partial charge on any atom is 0.337 e. The Morgan fingerprint density at radius 2 is 1.62 bits per heavy atom. The zero-order valence-corrected chi connectivity index (χ0v) is 13.6. The van der Waals surface area contributed by atoms with Gasteiger partial charge in [-0.15, -0.1) is 0 Å². The normalized spacial score (nSPS) is 12.4. The van der Waals surface area contributed by atoms with Gasteiger partial charge in [0.25, 0.3) is 0 Å². The van der Waals surface area contributed by atoms with Crippen LogP contribution in [0, 0.1) is 0 Å². The van der Waals surface area contributed by atoms with Crippen molar-refractivity contribution in [3.05, 3.63) is 17.7 Å². The molecule has 0 saturated carbocycles. The van der Waals surface area contributed by atoms with Crippen molar-refractivity contribution in [2.24, 2.45) is 0 Å². The van der Waals surface area contributed by atoms with Crippen molar-refractivity contribution in [1.29, 1.82) is 0 Å². The summed E-state index contributed by atoms with van der Waals surface area (Å²) in [6, 6.07) is 1.85.